The molecule has 2 rings (SSSR count). The molecule has 0 saturated heterocycles. The highest BCUT2D eigenvalue weighted by atomic mass is 79.9. The Labute approximate surface area is 177 Å². The van der Waals surface area contributed by atoms with E-state index in [1.807, 2.05) is 0 Å². The summed E-state index contributed by atoms with van der Waals surface area (Å²) in [6, 6.07) is 9.25. The summed E-state index contributed by atoms with van der Waals surface area (Å²) in [5.74, 6) is -1.20. The number of carbonyl (C=O) groups excluding carboxylic acids is 3. The van der Waals surface area contributed by atoms with Crippen LogP contribution in [-0.4, -0.2) is 41.7 Å². The number of pyridine rings is 1. The van der Waals surface area contributed by atoms with E-state index in [1.165, 1.54) is 6.20 Å². The summed E-state index contributed by atoms with van der Waals surface area (Å²) in [4.78, 5) is 41.1. The van der Waals surface area contributed by atoms with E-state index < -0.39 is 17.9 Å². The second kappa shape index (κ2) is 11.4. The lowest BCUT2D eigenvalue weighted by Crippen LogP contribution is -2.43. The number of hydrogen-bond donors (Lipinski definition) is 4. The molecule has 6 N–H and O–H groups in total. The lowest BCUT2D eigenvalue weighted by Gasteiger charge is -2.13. The first-order chi connectivity index (χ1) is 13.9. The van der Waals surface area contributed by atoms with Crippen molar-refractivity contribution in [2.45, 2.75) is 25.3 Å². The van der Waals surface area contributed by atoms with Crippen LogP contribution in [0, 0.1) is 0 Å². The van der Waals surface area contributed by atoms with Crippen molar-refractivity contribution in [1.82, 2.24) is 10.3 Å². The summed E-state index contributed by atoms with van der Waals surface area (Å²) in [5, 5.41) is 5.16. The Hall–Kier alpha value is -2.62. The molecule has 0 fully saturated rings. The maximum Gasteiger partial charge on any atom is 0.243 e. The minimum atomic E-state index is -0.691. The van der Waals surface area contributed by atoms with Gasteiger partial charge in [-0.1, -0.05) is 28.4 Å². The van der Waals surface area contributed by atoms with Crippen LogP contribution in [0.25, 0.3) is 0 Å². The number of nitrogens with zero attached hydrogens (tertiary/aromatic N) is 1. The minimum absolute atomic E-state index is 0.253. The van der Waals surface area contributed by atoms with E-state index in [4.69, 9.17) is 11.5 Å². The molecule has 1 aromatic heterocycles. The molecular formula is C20H24BrN5O3. The Morgan fingerprint density at radius 1 is 1.14 bits per heavy atom. The normalized spacial score (nSPS) is 11.6. The van der Waals surface area contributed by atoms with E-state index in [0.29, 0.717) is 23.1 Å². The first-order valence-electron chi connectivity index (χ1n) is 9.21. The molecule has 1 atom stereocenters. The quantitative estimate of drug-likeness (QED) is 0.312. The molecule has 0 saturated carbocycles. The van der Waals surface area contributed by atoms with Crippen molar-refractivity contribution < 1.29 is 14.4 Å². The van der Waals surface area contributed by atoms with Crippen LogP contribution in [-0.2, 0) is 9.59 Å². The van der Waals surface area contributed by atoms with Gasteiger partial charge in [-0.2, -0.15) is 0 Å². The van der Waals surface area contributed by atoms with Gasteiger partial charge in [-0.25, -0.2) is 0 Å². The largest absolute Gasteiger partial charge is 0.346 e. The van der Waals surface area contributed by atoms with Crippen molar-refractivity contribution in [2.75, 3.05) is 18.4 Å². The lowest BCUT2D eigenvalue weighted by molar-refractivity contribution is -0.125. The third-order valence-corrected chi connectivity index (χ3v) is 4.62. The molecule has 0 aliphatic heterocycles. The second-order valence-electron chi connectivity index (χ2n) is 6.39. The second-order valence-corrected chi connectivity index (χ2v) is 7.31. The maximum absolute atomic E-state index is 12.8. The van der Waals surface area contributed by atoms with Gasteiger partial charge in [0.1, 0.15) is 5.69 Å². The molecule has 2 amide bonds. The van der Waals surface area contributed by atoms with Crippen molar-refractivity contribution in [1.29, 1.82) is 0 Å². The Morgan fingerprint density at radius 2 is 1.93 bits per heavy atom. The standard InChI is InChI=1S/C20H24BrN5O3/c21-13-7-8-16(14(11-13)19(28)17-6-2-4-10-24-17)26-18(27)12-25-20(29)15(23)5-1-3-9-22/h2,4,6-8,10-11,15H,1,3,5,9,12,22-23H2,(H,25,29)(H,26,27)/t15-/m0/s1. The number of rotatable bonds is 10. The van der Waals surface area contributed by atoms with Crippen molar-refractivity contribution in [2.24, 2.45) is 11.5 Å². The maximum atomic E-state index is 12.8. The number of nitrogens with two attached hydrogens (primary N) is 2. The molecular weight excluding hydrogens is 438 g/mol. The van der Waals surface area contributed by atoms with E-state index in [0.717, 1.165) is 12.8 Å². The highest BCUT2D eigenvalue weighted by Gasteiger charge is 2.18. The lowest BCUT2D eigenvalue weighted by atomic mass is 10.1. The Bertz CT molecular complexity index is 860. The monoisotopic (exact) mass is 461 g/mol. The minimum Gasteiger partial charge on any atom is -0.346 e. The van der Waals surface area contributed by atoms with Gasteiger partial charge in [0.2, 0.25) is 17.6 Å². The van der Waals surface area contributed by atoms with Crippen LogP contribution in [0.4, 0.5) is 5.69 Å². The third-order valence-electron chi connectivity index (χ3n) is 4.13. The van der Waals surface area contributed by atoms with Crippen LogP contribution in [0.2, 0.25) is 0 Å². The summed E-state index contributed by atoms with van der Waals surface area (Å²) in [6.45, 7) is 0.292. The van der Waals surface area contributed by atoms with E-state index >= 15 is 0 Å². The SMILES string of the molecule is NCCCC[C@H](N)C(=O)NCC(=O)Nc1ccc(Br)cc1C(=O)c1ccccn1. The smallest absolute Gasteiger partial charge is 0.243 e. The van der Waals surface area contributed by atoms with Gasteiger partial charge < -0.3 is 22.1 Å². The number of ketones is 1. The fourth-order valence-corrected chi connectivity index (χ4v) is 2.94. The molecule has 0 unspecified atom stereocenters. The Kier molecular flexibility index (Phi) is 8.91. The fraction of sp³-hybridized carbons (Fsp3) is 0.300. The average Bonchev–Trinajstić information content (AvgIpc) is 2.73. The summed E-state index contributed by atoms with van der Waals surface area (Å²) in [5.41, 5.74) is 12.1. The van der Waals surface area contributed by atoms with Crippen LogP contribution in [0.5, 0.6) is 0 Å². The fourth-order valence-electron chi connectivity index (χ4n) is 2.58. The highest BCUT2D eigenvalue weighted by molar-refractivity contribution is 9.10. The molecule has 0 radical (unpaired) electrons. The van der Waals surface area contributed by atoms with Crippen LogP contribution in [0.15, 0.2) is 47.1 Å². The molecule has 1 aromatic carbocycles. The van der Waals surface area contributed by atoms with E-state index in [1.54, 1.807) is 36.4 Å². The van der Waals surface area contributed by atoms with Crippen LogP contribution in [0.1, 0.15) is 35.3 Å². The van der Waals surface area contributed by atoms with Crippen LogP contribution >= 0.6 is 15.9 Å². The van der Waals surface area contributed by atoms with Crippen LogP contribution < -0.4 is 22.1 Å². The molecule has 2 aromatic rings. The number of hydrogen-bond acceptors (Lipinski definition) is 6. The molecule has 9 heteroatoms. The van der Waals surface area contributed by atoms with E-state index in [2.05, 4.69) is 31.5 Å². The number of amides is 2. The van der Waals surface area contributed by atoms with Gasteiger partial charge in [0.25, 0.3) is 0 Å². The highest BCUT2D eigenvalue weighted by Crippen LogP contribution is 2.23. The average molecular weight is 462 g/mol. The zero-order valence-corrected chi connectivity index (χ0v) is 17.4. The zero-order chi connectivity index (χ0) is 21.2. The predicted octanol–water partition coefficient (Wildman–Crippen LogP) is 1.59. The van der Waals surface area contributed by atoms with E-state index in [9.17, 15) is 14.4 Å². The topological polar surface area (TPSA) is 140 Å². The van der Waals surface area contributed by atoms with Crippen molar-refractivity contribution >= 4 is 39.2 Å². The molecule has 0 aliphatic carbocycles. The van der Waals surface area contributed by atoms with Gasteiger partial charge in [0, 0.05) is 16.2 Å². The zero-order valence-electron chi connectivity index (χ0n) is 15.9. The molecule has 0 aliphatic rings. The number of benzene rings is 1. The summed E-state index contributed by atoms with van der Waals surface area (Å²) in [7, 11) is 0. The van der Waals surface area contributed by atoms with Crippen molar-refractivity contribution in [3.8, 4) is 0 Å². The molecule has 0 spiro atoms. The number of carbonyl (C=O) groups is 3. The van der Waals surface area contributed by atoms with Gasteiger partial charge in [-0.05, 0) is 49.7 Å². The van der Waals surface area contributed by atoms with Crippen LogP contribution in [0.3, 0.4) is 0 Å². The van der Waals surface area contributed by atoms with Gasteiger partial charge in [-0.15, -0.1) is 0 Å². The summed E-state index contributed by atoms with van der Waals surface area (Å²) in [6.07, 6.45) is 3.56. The first-order valence-corrected chi connectivity index (χ1v) is 10.00. The number of nitrogens with one attached hydrogen (secondary N) is 2. The van der Waals surface area contributed by atoms with Gasteiger partial charge in [-0.3, -0.25) is 19.4 Å². The number of anilines is 1. The summed E-state index contributed by atoms with van der Waals surface area (Å²) < 4.78 is 0.687. The Balaban J connectivity index is 2.00. The van der Waals surface area contributed by atoms with Crippen molar-refractivity contribution in [3.05, 3.63) is 58.3 Å². The number of aromatic nitrogens is 1. The third kappa shape index (κ3) is 7.04. The van der Waals surface area contributed by atoms with Gasteiger partial charge >= 0.3 is 0 Å². The van der Waals surface area contributed by atoms with Gasteiger partial charge in [0.15, 0.2) is 0 Å². The van der Waals surface area contributed by atoms with Crippen molar-refractivity contribution in [3.63, 3.8) is 0 Å². The number of unbranched alkanes of at least 4 members (excludes halogenated alkanes) is 1. The van der Waals surface area contributed by atoms with Gasteiger partial charge in [0.05, 0.1) is 18.3 Å². The predicted molar refractivity (Wildman–Crippen MR) is 114 cm³/mol. The molecule has 1 heterocycles. The molecule has 0 bridgehead atoms. The summed E-state index contributed by atoms with van der Waals surface area (Å²) >= 11 is 3.33. The first kappa shape index (κ1) is 22.7. The molecule has 8 nitrogen and oxygen atoms in total. The van der Waals surface area contributed by atoms with E-state index in [-0.39, 0.29) is 23.6 Å². The number of halogens is 1. The molecule has 29 heavy (non-hydrogen) atoms. The molecule has 154 valence electrons. The Morgan fingerprint density at radius 3 is 2.62 bits per heavy atom.